The van der Waals surface area contributed by atoms with Crippen molar-refractivity contribution >= 4 is 45.0 Å². The van der Waals surface area contributed by atoms with Crippen LogP contribution in [0.2, 0.25) is 10.0 Å². The van der Waals surface area contributed by atoms with Crippen molar-refractivity contribution in [2.75, 3.05) is 32.9 Å². The number of sulfonamides is 1. The van der Waals surface area contributed by atoms with E-state index in [1.807, 2.05) is 30.3 Å². The minimum atomic E-state index is -3.68. The first-order chi connectivity index (χ1) is 22.2. The van der Waals surface area contributed by atoms with Gasteiger partial charge >= 0.3 is 0 Å². The highest BCUT2D eigenvalue weighted by Gasteiger charge is 2.32. The third-order valence-corrected chi connectivity index (χ3v) is 9.85. The Labute approximate surface area is 278 Å². The zero-order chi connectivity index (χ0) is 32.5. The number of nitrogens with one attached hydrogen (secondary N) is 1. The van der Waals surface area contributed by atoms with Crippen molar-refractivity contribution in [3.05, 3.63) is 130 Å². The van der Waals surface area contributed by atoms with Crippen molar-refractivity contribution in [1.82, 2.24) is 14.5 Å². The van der Waals surface area contributed by atoms with Crippen LogP contribution in [0.4, 0.5) is 0 Å². The number of hydrogen-bond donors (Lipinski definition) is 1. The molecule has 1 heterocycles. The van der Waals surface area contributed by atoms with E-state index in [9.17, 15) is 18.0 Å². The summed E-state index contributed by atoms with van der Waals surface area (Å²) in [6.45, 7) is 1.21. The topological polar surface area (TPSA) is 105 Å². The Morgan fingerprint density at radius 2 is 1.41 bits per heavy atom. The highest BCUT2D eigenvalue weighted by atomic mass is 35.5. The molecule has 2 amide bonds. The molecule has 1 saturated heterocycles. The molecule has 12 heteroatoms. The zero-order valence-electron chi connectivity index (χ0n) is 24.9. The smallest absolute Gasteiger partial charge is 0.261 e. The van der Waals surface area contributed by atoms with Gasteiger partial charge in [0, 0.05) is 36.2 Å². The molecule has 0 radical (unpaired) electrons. The van der Waals surface area contributed by atoms with Crippen molar-refractivity contribution < 1.29 is 27.5 Å². The largest absolute Gasteiger partial charge is 0.484 e. The van der Waals surface area contributed by atoms with Crippen LogP contribution in [0.1, 0.15) is 22.7 Å². The Hall–Kier alpha value is -3.93. The maximum atomic E-state index is 13.9. The second-order valence-electron chi connectivity index (χ2n) is 10.6. The van der Waals surface area contributed by atoms with Gasteiger partial charge in [-0.25, -0.2) is 8.42 Å². The van der Waals surface area contributed by atoms with Crippen LogP contribution in [0, 0.1) is 0 Å². The maximum absolute atomic E-state index is 13.9. The van der Waals surface area contributed by atoms with Crippen molar-refractivity contribution in [3.63, 3.8) is 0 Å². The van der Waals surface area contributed by atoms with Gasteiger partial charge < -0.3 is 19.7 Å². The van der Waals surface area contributed by atoms with E-state index in [0.717, 1.165) is 11.1 Å². The number of carbonyl (C=O) groups excluding carboxylic acids is 2. The third kappa shape index (κ3) is 8.65. The summed E-state index contributed by atoms with van der Waals surface area (Å²) in [4.78, 5) is 29.4. The average molecular weight is 683 g/mol. The molecule has 240 valence electrons. The first kappa shape index (κ1) is 33.4. The zero-order valence-corrected chi connectivity index (χ0v) is 27.2. The average Bonchev–Trinajstić information content (AvgIpc) is 3.08. The molecule has 0 aliphatic carbocycles. The molecule has 1 aliphatic rings. The van der Waals surface area contributed by atoms with Gasteiger partial charge in [-0.05, 0) is 65.2 Å². The molecule has 9 nitrogen and oxygen atoms in total. The summed E-state index contributed by atoms with van der Waals surface area (Å²) in [5.74, 6) is -0.513. The second kappa shape index (κ2) is 15.6. The number of rotatable bonds is 12. The molecule has 1 N–H and O–H groups in total. The summed E-state index contributed by atoms with van der Waals surface area (Å²) in [6.07, 6.45) is 0. The Morgan fingerprint density at radius 3 is 2.02 bits per heavy atom. The molecule has 0 saturated carbocycles. The summed E-state index contributed by atoms with van der Waals surface area (Å²) in [7, 11) is -3.68. The minimum absolute atomic E-state index is 0.101. The molecule has 1 unspecified atom stereocenters. The van der Waals surface area contributed by atoms with E-state index >= 15 is 0 Å². The van der Waals surface area contributed by atoms with Gasteiger partial charge in [0.15, 0.2) is 6.61 Å². The lowest BCUT2D eigenvalue weighted by molar-refractivity contribution is -0.143. The van der Waals surface area contributed by atoms with E-state index in [1.165, 1.54) is 33.5 Å². The third-order valence-electron chi connectivity index (χ3n) is 7.44. The van der Waals surface area contributed by atoms with E-state index in [1.54, 1.807) is 48.5 Å². The van der Waals surface area contributed by atoms with Gasteiger partial charge in [0.05, 0.1) is 18.1 Å². The van der Waals surface area contributed by atoms with Crippen LogP contribution in [0.5, 0.6) is 5.75 Å². The van der Waals surface area contributed by atoms with Crippen LogP contribution in [0.3, 0.4) is 0 Å². The number of hydrogen-bond acceptors (Lipinski definition) is 6. The van der Waals surface area contributed by atoms with Crippen LogP contribution >= 0.6 is 23.2 Å². The van der Waals surface area contributed by atoms with Crippen LogP contribution in [0.15, 0.2) is 108 Å². The van der Waals surface area contributed by atoms with Crippen LogP contribution in [-0.2, 0) is 37.4 Å². The number of amides is 2. The first-order valence-electron chi connectivity index (χ1n) is 14.6. The van der Waals surface area contributed by atoms with Gasteiger partial charge in [-0.2, -0.15) is 4.31 Å². The lowest BCUT2D eigenvalue weighted by Gasteiger charge is -2.31. The Morgan fingerprint density at radius 1 is 0.826 bits per heavy atom. The van der Waals surface area contributed by atoms with Crippen LogP contribution in [0.25, 0.3) is 0 Å². The summed E-state index contributed by atoms with van der Waals surface area (Å²) in [5, 5.41) is 4.10. The quantitative estimate of drug-likeness (QED) is 0.212. The fourth-order valence-electron chi connectivity index (χ4n) is 4.98. The molecule has 0 spiro atoms. The Balaban J connectivity index is 1.36. The monoisotopic (exact) mass is 681 g/mol. The molecule has 46 heavy (non-hydrogen) atoms. The molecular weight excluding hydrogens is 649 g/mol. The van der Waals surface area contributed by atoms with Crippen molar-refractivity contribution in [1.29, 1.82) is 0 Å². The second-order valence-corrected chi connectivity index (χ2v) is 13.4. The lowest BCUT2D eigenvalue weighted by Crippen LogP contribution is -2.45. The van der Waals surface area contributed by atoms with Gasteiger partial charge in [0.25, 0.3) is 5.91 Å². The number of morpholine rings is 1. The van der Waals surface area contributed by atoms with Crippen molar-refractivity contribution in [2.45, 2.75) is 24.0 Å². The van der Waals surface area contributed by atoms with Gasteiger partial charge in [-0.1, -0.05) is 77.8 Å². The maximum Gasteiger partial charge on any atom is 0.261 e. The molecule has 1 fully saturated rings. The molecule has 1 aliphatic heterocycles. The number of benzene rings is 4. The van der Waals surface area contributed by atoms with E-state index in [-0.39, 0.29) is 37.0 Å². The lowest BCUT2D eigenvalue weighted by atomic mass is 10.0. The van der Waals surface area contributed by atoms with Gasteiger partial charge in [-0.3, -0.25) is 9.59 Å². The normalized spacial score (nSPS) is 14.3. The predicted octanol–water partition coefficient (Wildman–Crippen LogP) is 5.48. The fourth-order valence-corrected chi connectivity index (χ4v) is 6.64. The van der Waals surface area contributed by atoms with Crippen LogP contribution in [-0.4, -0.2) is 62.3 Å². The highest BCUT2D eigenvalue weighted by molar-refractivity contribution is 7.89. The highest BCUT2D eigenvalue weighted by Crippen LogP contribution is 2.26. The molecule has 0 aromatic heterocycles. The Bertz CT molecular complexity index is 1720. The van der Waals surface area contributed by atoms with Gasteiger partial charge in [-0.15, -0.1) is 0 Å². The predicted molar refractivity (Wildman–Crippen MR) is 176 cm³/mol. The van der Waals surface area contributed by atoms with Gasteiger partial charge in [0.2, 0.25) is 15.9 Å². The SMILES string of the molecule is O=C(NCc1ccc(Cl)cc1)C(c1ccccc1)N(Cc1ccc(Cl)cc1)C(=O)COc1ccc(S(=O)(=O)N2CCOCC2)cc1. The van der Waals surface area contributed by atoms with Gasteiger partial charge in [0.1, 0.15) is 11.8 Å². The minimum Gasteiger partial charge on any atom is -0.484 e. The van der Waals surface area contributed by atoms with Crippen molar-refractivity contribution in [2.24, 2.45) is 0 Å². The molecule has 4 aromatic carbocycles. The van der Waals surface area contributed by atoms with E-state index in [4.69, 9.17) is 32.7 Å². The molecule has 4 aromatic rings. The molecular formula is C34H33Cl2N3O6S. The number of carbonyl (C=O) groups is 2. The summed E-state index contributed by atoms with van der Waals surface area (Å²) < 4.78 is 38.5. The fraction of sp³-hybridized carbons (Fsp3) is 0.235. The van der Waals surface area contributed by atoms with E-state index in [0.29, 0.717) is 34.6 Å². The summed E-state index contributed by atoms with van der Waals surface area (Å²) >= 11 is 12.1. The number of halogens is 2. The van der Waals surface area contributed by atoms with Crippen LogP contribution < -0.4 is 10.1 Å². The standard InChI is InChI=1S/C34H33Cl2N3O6S/c35-28-10-6-25(7-11-28)22-37-34(41)33(27-4-2-1-3-5-27)39(23-26-8-12-29(36)13-9-26)32(40)24-45-30-14-16-31(17-15-30)46(42,43)38-18-20-44-21-19-38/h1-17,33H,18-24H2,(H,37,41). The molecule has 1 atom stereocenters. The first-order valence-corrected chi connectivity index (χ1v) is 16.8. The number of ether oxygens (including phenoxy) is 2. The number of nitrogens with zero attached hydrogens (tertiary/aromatic N) is 2. The summed E-state index contributed by atoms with van der Waals surface area (Å²) in [5.41, 5.74) is 2.24. The molecule has 5 rings (SSSR count). The summed E-state index contributed by atoms with van der Waals surface area (Å²) in [6, 6.07) is 28.2. The van der Waals surface area contributed by atoms with E-state index < -0.39 is 28.6 Å². The molecule has 0 bridgehead atoms. The Kier molecular flexibility index (Phi) is 11.3. The van der Waals surface area contributed by atoms with Crippen molar-refractivity contribution in [3.8, 4) is 5.75 Å². The van der Waals surface area contributed by atoms with E-state index in [2.05, 4.69) is 5.32 Å².